The second-order valence-corrected chi connectivity index (χ2v) is 10.2. The van der Waals surface area contributed by atoms with Crippen molar-refractivity contribution in [3.05, 3.63) is 69.6 Å². The van der Waals surface area contributed by atoms with Crippen LogP contribution in [0.2, 0.25) is 5.02 Å². The predicted molar refractivity (Wildman–Crippen MR) is 130 cm³/mol. The van der Waals surface area contributed by atoms with E-state index in [4.69, 9.17) is 11.6 Å². The van der Waals surface area contributed by atoms with Gasteiger partial charge in [-0.3, -0.25) is 14.4 Å². The van der Waals surface area contributed by atoms with Crippen molar-refractivity contribution in [2.45, 2.75) is 25.4 Å². The molecule has 6 nitrogen and oxygen atoms in total. The van der Waals surface area contributed by atoms with Gasteiger partial charge in [-0.25, -0.2) is 0 Å². The summed E-state index contributed by atoms with van der Waals surface area (Å²) in [7, 11) is 0. The van der Waals surface area contributed by atoms with Gasteiger partial charge in [0.1, 0.15) is 0 Å². The van der Waals surface area contributed by atoms with Gasteiger partial charge in [0, 0.05) is 41.5 Å². The van der Waals surface area contributed by atoms with E-state index in [1.165, 1.54) is 11.3 Å². The molecule has 2 saturated heterocycles. The Morgan fingerprint density at radius 1 is 1.03 bits per heavy atom. The number of carbonyl (C=O) groups is 3. The smallest absolute Gasteiger partial charge is 0.264 e. The third-order valence-electron chi connectivity index (χ3n) is 6.68. The minimum absolute atomic E-state index is 0.000717. The second kappa shape index (κ2) is 8.80. The maximum Gasteiger partial charge on any atom is 0.264 e. The van der Waals surface area contributed by atoms with Crippen molar-refractivity contribution in [3.8, 4) is 0 Å². The number of aryl methyl sites for hydroxylation is 1. The maximum absolute atomic E-state index is 13.1. The Labute approximate surface area is 201 Å². The minimum Gasteiger partial charge on any atom is -0.337 e. The number of rotatable bonds is 5. The summed E-state index contributed by atoms with van der Waals surface area (Å²) >= 11 is 7.61. The third-order valence-corrected chi connectivity index (χ3v) is 8.17. The van der Waals surface area contributed by atoms with Gasteiger partial charge in [-0.05, 0) is 54.6 Å². The molecule has 8 heteroatoms. The maximum atomic E-state index is 13.1. The van der Waals surface area contributed by atoms with Gasteiger partial charge in [0.2, 0.25) is 6.41 Å². The van der Waals surface area contributed by atoms with Crippen molar-refractivity contribution in [1.29, 1.82) is 0 Å². The molecule has 1 unspecified atom stereocenters. The van der Waals surface area contributed by atoms with Crippen molar-refractivity contribution < 1.29 is 14.4 Å². The normalized spacial score (nSPS) is 18.4. The summed E-state index contributed by atoms with van der Waals surface area (Å²) in [5.41, 5.74) is 1.61. The molecule has 0 N–H and O–H groups in total. The number of amides is 3. The first-order valence-electron chi connectivity index (χ1n) is 11.0. The summed E-state index contributed by atoms with van der Waals surface area (Å²) in [6.07, 6.45) is 1.62. The van der Waals surface area contributed by atoms with E-state index in [2.05, 4.69) is 0 Å². The van der Waals surface area contributed by atoms with Crippen LogP contribution < -0.4 is 0 Å². The number of fused-ring (bicyclic) bond motifs is 1. The topological polar surface area (TPSA) is 60.9 Å². The summed E-state index contributed by atoms with van der Waals surface area (Å²) in [5, 5.41) is 1.67. The lowest BCUT2D eigenvalue weighted by Crippen LogP contribution is -2.63. The van der Waals surface area contributed by atoms with Gasteiger partial charge in [0.15, 0.2) is 0 Å². The molecule has 2 aromatic carbocycles. The molecule has 33 heavy (non-hydrogen) atoms. The number of hydrogen-bond acceptors (Lipinski definition) is 4. The number of carbonyl (C=O) groups excluding carboxylic acids is 3. The Hall–Kier alpha value is -2.90. The van der Waals surface area contributed by atoms with E-state index in [0.29, 0.717) is 36.8 Å². The number of nitrogens with zero attached hydrogens (tertiary/aromatic N) is 3. The number of hydrogen-bond donors (Lipinski definition) is 0. The highest BCUT2D eigenvalue weighted by Crippen LogP contribution is 2.34. The van der Waals surface area contributed by atoms with E-state index in [1.807, 2.05) is 60.4 Å². The van der Waals surface area contributed by atoms with Crippen molar-refractivity contribution in [1.82, 2.24) is 14.7 Å². The van der Waals surface area contributed by atoms with Crippen molar-refractivity contribution >= 4 is 51.2 Å². The number of thiophene rings is 1. The molecule has 3 heterocycles. The SMILES string of the molecule is Cc1c(C(=O)N2CC(N(C=O)C3CCN(C(=O)c4ccccc4)C3)C2)sc2ccc(Cl)cc12. The highest BCUT2D eigenvalue weighted by Gasteiger charge is 2.41. The lowest BCUT2D eigenvalue weighted by atomic mass is 10.0. The number of benzene rings is 2. The first-order chi connectivity index (χ1) is 16.0. The summed E-state index contributed by atoms with van der Waals surface area (Å²) in [4.78, 5) is 43.9. The molecule has 170 valence electrons. The van der Waals surface area contributed by atoms with Gasteiger partial charge in [-0.2, -0.15) is 0 Å². The predicted octanol–water partition coefficient (Wildman–Crippen LogP) is 4.06. The molecular formula is C25H24ClN3O3S. The van der Waals surface area contributed by atoms with Gasteiger partial charge in [0.05, 0.1) is 17.0 Å². The number of halogens is 1. The van der Waals surface area contributed by atoms with Crippen LogP contribution in [0.1, 0.15) is 32.0 Å². The van der Waals surface area contributed by atoms with Crippen LogP contribution >= 0.6 is 22.9 Å². The molecule has 2 aliphatic rings. The molecule has 2 aliphatic heterocycles. The van der Waals surface area contributed by atoms with Crippen molar-refractivity contribution in [2.24, 2.45) is 0 Å². The Morgan fingerprint density at radius 3 is 2.48 bits per heavy atom. The molecule has 3 amide bonds. The zero-order chi connectivity index (χ0) is 23.1. The van der Waals surface area contributed by atoms with E-state index in [0.717, 1.165) is 33.4 Å². The molecule has 1 atom stereocenters. The lowest BCUT2D eigenvalue weighted by molar-refractivity contribution is -0.125. The van der Waals surface area contributed by atoms with Gasteiger partial charge >= 0.3 is 0 Å². The first kappa shape index (κ1) is 21.9. The monoisotopic (exact) mass is 481 g/mol. The average molecular weight is 482 g/mol. The molecule has 0 bridgehead atoms. The molecule has 0 spiro atoms. The zero-order valence-electron chi connectivity index (χ0n) is 18.2. The summed E-state index contributed by atoms with van der Waals surface area (Å²) < 4.78 is 1.04. The van der Waals surface area contributed by atoms with Gasteiger partial charge < -0.3 is 14.7 Å². The largest absolute Gasteiger partial charge is 0.337 e. The van der Waals surface area contributed by atoms with E-state index in [-0.39, 0.29) is 23.9 Å². The van der Waals surface area contributed by atoms with Gasteiger partial charge in [-0.1, -0.05) is 29.8 Å². The fourth-order valence-corrected chi connectivity index (χ4v) is 6.08. The van der Waals surface area contributed by atoms with E-state index < -0.39 is 0 Å². The Morgan fingerprint density at radius 2 is 1.76 bits per heavy atom. The lowest BCUT2D eigenvalue weighted by Gasteiger charge is -2.45. The molecule has 2 fully saturated rings. The Bertz CT molecular complexity index is 1220. The van der Waals surface area contributed by atoms with Crippen LogP contribution in [0, 0.1) is 6.92 Å². The van der Waals surface area contributed by atoms with Crippen LogP contribution in [0.5, 0.6) is 0 Å². The fourth-order valence-electron chi connectivity index (χ4n) is 4.75. The highest BCUT2D eigenvalue weighted by atomic mass is 35.5. The Kier molecular flexibility index (Phi) is 5.85. The zero-order valence-corrected chi connectivity index (χ0v) is 19.8. The number of likely N-dealkylation sites (tertiary alicyclic amines) is 2. The molecule has 0 saturated carbocycles. The fraction of sp³-hybridized carbons (Fsp3) is 0.320. The second-order valence-electron chi connectivity index (χ2n) is 8.67. The molecule has 5 rings (SSSR count). The minimum atomic E-state index is -0.0226. The van der Waals surface area contributed by atoms with Crippen LogP contribution in [0.3, 0.4) is 0 Å². The van der Waals surface area contributed by atoms with E-state index in [9.17, 15) is 14.4 Å². The quantitative estimate of drug-likeness (QED) is 0.516. The van der Waals surface area contributed by atoms with Crippen LogP contribution in [0.15, 0.2) is 48.5 Å². The standard InChI is InChI=1S/C25H24ClN3O3S/c1-16-21-11-18(26)7-8-22(21)33-23(16)25(32)28-13-20(14-28)29(15-30)19-9-10-27(12-19)24(31)17-5-3-2-4-6-17/h2-8,11,15,19-20H,9-10,12-14H2,1H3. The van der Waals surface area contributed by atoms with E-state index in [1.54, 1.807) is 9.80 Å². The molecule has 0 radical (unpaired) electrons. The summed E-state index contributed by atoms with van der Waals surface area (Å²) in [5.74, 6) is -0.00562. The van der Waals surface area contributed by atoms with Gasteiger partial charge in [-0.15, -0.1) is 11.3 Å². The molecule has 3 aromatic rings. The van der Waals surface area contributed by atoms with Crippen molar-refractivity contribution in [2.75, 3.05) is 26.2 Å². The highest BCUT2D eigenvalue weighted by molar-refractivity contribution is 7.21. The van der Waals surface area contributed by atoms with Crippen LogP contribution in [0.4, 0.5) is 0 Å². The summed E-state index contributed by atoms with van der Waals surface area (Å²) in [6, 6.07) is 14.9. The van der Waals surface area contributed by atoms with Crippen LogP contribution in [-0.4, -0.2) is 71.2 Å². The molecular weight excluding hydrogens is 458 g/mol. The first-order valence-corrected chi connectivity index (χ1v) is 12.2. The Balaban J connectivity index is 1.22. The van der Waals surface area contributed by atoms with Gasteiger partial charge in [0.25, 0.3) is 11.8 Å². The molecule has 1 aromatic heterocycles. The molecule has 0 aliphatic carbocycles. The van der Waals surface area contributed by atoms with Crippen LogP contribution in [0.25, 0.3) is 10.1 Å². The van der Waals surface area contributed by atoms with E-state index >= 15 is 0 Å². The van der Waals surface area contributed by atoms with Crippen LogP contribution in [-0.2, 0) is 4.79 Å². The average Bonchev–Trinajstić information content (AvgIpc) is 3.41. The summed E-state index contributed by atoms with van der Waals surface area (Å²) in [6.45, 7) is 4.12. The third kappa shape index (κ3) is 4.00. The van der Waals surface area contributed by atoms with Crippen molar-refractivity contribution in [3.63, 3.8) is 0 Å².